The van der Waals surface area contributed by atoms with E-state index < -0.39 is 0 Å². The van der Waals surface area contributed by atoms with Crippen molar-refractivity contribution in [2.24, 2.45) is 7.05 Å². The van der Waals surface area contributed by atoms with E-state index in [0.717, 1.165) is 10.6 Å². The van der Waals surface area contributed by atoms with Gasteiger partial charge in [0.2, 0.25) is 5.91 Å². The summed E-state index contributed by atoms with van der Waals surface area (Å²) in [5, 5.41) is 4.06. The van der Waals surface area contributed by atoms with Crippen molar-refractivity contribution in [3.8, 4) is 0 Å². The summed E-state index contributed by atoms with van der Waals surface area (Å²) >= 11 is 1.48. The number of benzene rings is 1. The molecule has 0 saturated carbocycles. The number of aromatic nitrogens is 2. The molecule has 0 fully saturated rings. The molecule has 0 aliphatic carbocycles. The Balaban J connectivity index is 1.94. The number of anilines is 2. The van der Waals surface area contributed by atoms with E-state index in [9.17, 15) is 4.79 Å². The molecule has 0 saturated heterocycles. The molecule has 0 aliphatic heterocycles. The minimum atomic E-state index is 0.0404. The van der Waals surface area contributed by atoms with Crippen molar-refractivity contribution in [1.29, 1.82) is 0 Å². The molecule has 0 atom stereocenters. The maximum atomic E-state index is 12.1. The second-order valence-corrected chi connectivity index (χ2v) is 5.23. The first-order chi connectivity index (χ1) is 9.06. The molecule has 1 aromatic carbocycles. The quantitative estimate of drug-likeness (QED) is 0.682. The first-order valence-electron chi connectivity index (χ1n) is 5.80. The number of hydrogen-bond donors (Lipinski definition) is 1. The van der Waals surface area contributed by atoms with Gasteiger partial charge >= 0.3 is 0 Å². The minimum absolute atomic E-state index is 0.0404. The first kappa shape index (κ1) is 13.5. The van der Waals surface area contributed by atoms with Gasteiger partial charge in [-0.2, -0.15) is 5.10 Å². The number of amides is 1. The van der Waals surface area contributed by atoms with Gasteiger partial charge in [0.25, 0.3) is 0 Å². The highest BCUT2D eigenvalue weighted by atomic mass is 32.2. The smallest absolute Gasteiger partial charge is 0.237 e. The van der Waals surface area contributed by atoms with Crippen LogP contribution in [0.5, 0.6) is 0 Å². The van der Waals surface area contributed by atoms with Crippen LogP contribution in [0.2, 0.25) is 0 Å². The van der Waals surface area contributed by atoms with Crippen LogP contribution in [0.4, 0.5) is 11.4 Å². The molecule has 100 valence electrons. The Hall–Kier alpha value is -1.95. The molecular formula is C13H16N4OS. The second-order valence-electron chi connectivity index (χ2n) is 4.18. The molecule has 2 N–H and O–H groups in total. The highest BCUT2D eigenvalue weighted by Gasteiger charge is 2.11. The molecule has 19 heavy (non-hydrogen) atoms. The third-order valence-corrected chi connectivity index (χ3v) is 3.63. The molecule has 1 amide bonds. The Morgan fingerprint density at radius 1 is 1.42 bits per heavy atom. The van der Waals surface area contributed by atoms with Gasteiger partial charge in [0.1, 0.15) is 0 Å². The van der Waals surface area contributed by atoms with Gasteiger partial charge in [-0.15, -0.1) is 11.8 Å². The predicted molar refractivity (Wildman–Crippen MR) is 78.2 cm³/mol. The number of aryl methyl sites for hydroxylation is 1. The summed E-state index contributed by atoms with van der Waals surface area (Å²) in [5.41, 5.74) is 7.15. The molecule has 0 spiro atoms. The highest BCUT2D eigenvalue weighted by molar-refractivity contribution is 8.00. The van der Waals surface area contributed by atoms with Crippen molar-refractivity contribution < 1.29 is 4.79 Å². The highest BCUT2D eigenvalue weighted by Crippen LogP contribution is 2.19. The number of nitrogen functional groups attached to an aromatic ring is 1. The average molecular weight is 276 g/mol. The zero-order chi connectivity index (χ0) is 13.8. The molecule has 2 rings (SSSR count). The Morgan fingerprint density at radius 2 is 2.11 bits per heavy atom. The maximum absolute atomic E-state index is 12.1. The van der Waals surface area contributed by atoms with Crippen molar-refractivity contribution in [2.75, 3.05) is 23.4 Å². The topological polar surface area (TPSA) is 64.2 Å². The Labute approximate surface area is 116 Å². The first-order valence-corrected chi connectivity index (χ1v) is 6.78. The zero-order valence-electron chi connectivity index (χ0n) is 10.9. The fourth-order valence-corrected chi connectivity index (χ4v) is 2.39. The molecule has 1 aromatic heterocycles. The van der Waals surface area contributed by atoms with Crippen LogP contribution in [0.1, 0.15) is 0 Å². The number of hydrogen-bond acceptors (Lipinski definition) is 4. The number of carbonyl (C=O) groups is 1. The van der Waals surface area contributed by atoms with E-state index in [1.807, 2.05) is 25.4 Å². The summed E-state index contributed by atoms with van der Waals surface area (Å²) in [5.74, 6) is 0.422. The van der Waals surface area contributed by atoms with Gasteiger partial charge in [-0.25, -0.2) is 0 Å². The third-order valence-electron chi connectivity index (χ3n) is 2.70. The van der Waals surface area contributed by atoms with E-state index in [-0.39, 0.29) is 5.91 Å². The molecule has 0 bridgehead atoms. The molecule has 0 aliphatic rings. The summed E-state index contributed by atoms with van der Waals surface area (Å²) < 4.78 is 1.72. The Bertz CT molecular complexity index is 564. The van der Waals surface area contributed by atoms with E-state index in [1.165, 1.54) is 11.8 Å². The number of nitrogens with two attached hydrogens (primary N) is 1. The van der Waals surface area contributed by atoms with Gasteiger partial charge in [-0.05, 0) is 24.3 Å². The van der Waals surface area contributed by atoms with Gasteiger partial charge in [0.05, 0.1) is 11.9 Å². The van der Waals surface area contributed by atoms with Crippen molar-refractivity contribution >= 4 is 29.0 Å². The summed E-state index contributed by atoms with van der Waals surface area (Å²) in [4.78, 5) is 14.7. The maximum Gasteiger partial charge on any atom is 0.237 e. The van der Waals surface area contributed by atoms with E-state index in [2.05, 4.69) is 5.10 Å². The van der Waals surface area contributed by atoms with Crippen LogP contribution < -0.4 is 10.6 Å². The summed E-state index contributed by atoms with van der Waals surface area (Å²) in [7, 11) is 3.62. The van der Waals surface area contributed by atoms with Gasteiger partial charge in [-0.3, -0.25) is 9.48 Å². The largest absolute Gasteiger partial charge is 0.399 e. The van der Waals surface area contributed by atoms with Crippen molar-refractivity contribution in [3.05, 3.63) is 36.7 Å². The predicted octanol–water partition coefficient (Wildman–Crippen LogP) is 1.76. The van der Waals surface area contributed by atoms with E-state index >= 15 is 0 Å². The van der Waals surface area contributed by atoms with E-state index in [0.29, 0.717) is 11.4 Å². The standard InChI is InChI=1S/C13H16N4OS/c1-16-8-12(7-15-16)19-9-13(18)17(2)11-5-3-10(14)4-6-11/h3-8H,9,14H2,1-2H3. The number of nitrogens with zero attached hydrogens (tertiary/aromatic N) is 3. The molecule has 0 radical (unpaired) electrons. The monoisotopic (exact) mass is 276 g/mol. The Kier molecular flexibility index (Phi) is 4.11. The lowest BCUT2D eigenvalue weighted by Gasteiger charge is -2.17. The van der Waals surface area contributed by atoms with Gasteiger partial charge in [0.15, 0.2) is 0 Å². The molecule has 0 unspecified atom stereocenters. The van der Waals surface area contributed by atoms with Crippen LogP contribution in [0.3, 0.4) is 0 Å². The van der Waals surface area contributed by atoms with Crippen molar-refractivity contribution in [3.63, 3.8) is 0 Å². The van der Waals surface area contributed by atoms with Crippen LogP contribution in [-0.4, -0.2) is 28.5 Å². The van der Waals surface area contributed by atoms with Crippen LogP contribution in [0.25, 0.3) is 0 Å². The van der Waals surface area contributed by atoms with Crippen molar-refractivity contribution in [1.82, 2.24) is 9.78 Å². The fraction of sp³-hybridized carbons (Fsp3) is 0.231. The SMILES string of the molecule is CN(C(=O)CSc1cnn(C)c1)c1ccc(N)cc1. The Morgan fingerprint density at radius 3 is 2.68 bits per heavy atom. The number of carbonyl (C=O) groups excluding carboxylic acids is 1. The summed E-state index contributed by atoms with van der Waals surface area (Å²) in [6, 6.07) is 7.24. The van der Waals surface area contributed by atoms with Crippen LogP contribution in [-0.2, 0) is 11.8 Å². The molecule has 2 aromatic rings. The lowest BCUT2D eigenvalue weighted by atomic mass is 10.2. The van der Waals surface area contributed by atoms with Crippen LogP contribution in [0.15, 0.2) is 41.6 Å². The minimum Gasteiger partial charge on any atom is -0.399 e. The van der Waals surface area contributed by atoms with Gasteiger partial charge in [-0.1, -0.05) is 0 Å². The third kappa shape index (κ3) is 3.51. The zero-order valence-corrected chi connectivity index (χ0v) is 11.7. The molecular weight excluding hydrogens is 260 g/mol. The van der Waals surface area contributed by atoms with E-state index in [1.54, 1.807) is 35.0 Å². The van der Waals surface area contributed by atoms with Crippen molar-refractivity contribution in [2.45, 2.75) is 4.90 Å². The number of thioether (sulfide) groups is 1. The van der Waals surface area contributed by atoms with Crippen LogP contribution >= 0.6 is 11.8 Å². The number of rotatable bonds is 4. The van der Waals surface area contributed by atoms with Gasteiger partial charge < -0.3 is 10.6 Å². The molecule has 5 nitrogen and oxygen atoms in total. The van der Waals surface area contributed by atoms with Gasteiger partial charge in [0, 0.05) is 36.6 Å². The molecule has 1 heterocycles. The van der Waals surface area contributed by atoms with E-state index in [4.69, 9.17) is 5.73 Å². The van der Waals surface area contributed by atoms with Crippen LogP contribution in [0, 0.1) is 0 Å². The fourth-order valence-electron chi connectivity index (χ4n) is 1.56. The lowest BCUT2D eigenvalue weighted by Crippen LogP contribution is -2.27. The second kappa shape index (κ2) is 5.79. The molecule has 6 heteroatoms. The summed E-state index contributed by atoms with van der Waals surface area (Å²) in [6.07, 6.45) is 3.64. The lowest BCUT2D eigenvalue weighted by molar-refractivity contribution is -0.115. The average Bonchev–Trinajstić information content (AvgIpc) is 2.82. The normalized spacial score (nSPS) is 10.4. The summed E-state index contributed by atoms with van der Waals surface area (Å²) in [6.45, 7) is 0.